The second kappa shape index (κ2) is 5.86. The highest BCUT2D eigenvalue weighted by Crippen LogP contribution is 2.52. The SMILES string of the molecule is COc1cccc(C2(CN)CC2)c1OC1CCCSC1. The molecular formula is C16H23NO2S. The van der Waals surface area contributed by atoms with E-state index in [0.717, 1.165) is 36.5 Å². The van der Waals surface area contributed by atoms with Gasteiger partial charge in [-0.2, -0.15) is 11.8 Å². The summed E-state index contributed by atoms with van der Waals surface area (Å²) in [6.07, 6.45) is 5.00. The fraction of sp³-hybridized carbons (Fsp3) is 0.625. The van der Waals surface area contributed by atoms with Crippen molar-refractivity contribution in [2.45, 2.75) is 37.2 Å². The van der Waals surface area contributed by atoms with Gasteiger partial charge in [0.15, 0.2) is 11.5 Å². The first-order valence-corrected chi connectivity index (χ1v) is 8.56. The normalized spacial score (nSPS) is 24.2. The third kappa shape index (κ3) is 2.63. The van der Waals surface area contributed by atoms with Gasteiger partial charge >= 0.3 is 0 Å². The Bertz CT molecular complexity index is 468. The van der Waals surface area contributed by atoms with Crippen molar-refractivity contribution in [1.29, 1.82) is 0 Å². The van der Waals surface area contributed by atoms with Gasteiger partial charge in [-0.15, -0.1) is 0 Å². The zero-order valence-corrected chi connectivity index (χ0v) is 12.9. The van der Waals surface area contributed by atoms with Crippen molar-refractivity contribution < 1.29 is 9.47 Å². The van der Waals surface area contributed by atoms with Gasteiger partial charge in [0.25, 0.3) is 0 Å². The molecule has 4 heteroatoms. The molecule has 1 aromatic carbocycles. The van der Waals surface area contributed by atoms with Crippen LogP contribution in [-0.4, -0.2) is 31.3 Å². The van der Waals surface area contributed by atoms with E-state index in [4.69, 9.17) is 15.2 Å². The summed E-state index contributed by atoms with van der Waals surface area (Å²) < 4.78 is 11.9. The summed E-state index contributed by atoms with van der Waals surface area (Å²) in [4.78, 5) is 0. The highest BCUT2D eigenvalue weighted by atomic mass is 32.2. The third-order valence-electron chi connectivity index (χ3n) is 4.42. The highest BCUT2D eigenvalue weighted by Gasteiger charge is 2.45. The van der Waals surface area contributed by atoms with Gasteiger partial charge in [0.1, 0.15) is 6.10 Å². The van der Waals surface area contributed by atoms with Crippen molar-refractivity contribution in [3.8, 4) is 11.5 Å². The number of methoxy groups -OCH3 is 1. The van der Waals surface area contributed by atoms with E-state index in [1.54, 1.807) is 7.11 Å². The minimum atomic E-state index is 0.131. The molecule has 2 N–H and O–H groups in total. The Balaban J connectivity index is 1.90. The van der Waals surface area contributed by atoms with Gasteiger partial charge in [-0.25, -0.2) is 0 Å². The van der Waals surface area contributed by atoms with Gasteiger partial charge in [0.05, 0.1) is 7.11 Å². The average Bonchev–Trinajstić information content (AvgIpc) is 3.29. The van der Waals surface area contributed by atoms with E-state index in [9.17, 15) is 0 Å². The van der Waals surface area contributed by atoms with Crippen molar-refractivity contribution in [3.63, 3.8) is 0 Å². The van der Waals surface area contributed by atoms with Crippen molar-refractivity contribution in [3.05, 3.63) is 23.8 Å². The molecule has 3 nitrogen and oxygen atoms in total. The van der Waals surface area contributed by atoms with Gasteiger partial charge in [0.2, 0.25) is 0 Å². The Kier molecular flexibility index (Phi) is 4.13. The zero-order chi connectivity index (χ0) is 14.0. The lowest BCUT2D eigenvalue weighted by molar-refractivity contribution is 0.199. The van der Waals surface area contributed by atoms with Gasteiger partial charge in [-0.05, 0) is 37.5 Å². The summed E-state index contributed by atoms with van der Waals surface area (Å²) in [5, 5.41) is 0. The molecule has 1 unspecified atom stereocenters. The largest absolute Gasteiger partial charge is 0.493 e. The quantitative estimate of drug-likeness (QED) is 0.906. The molecular weight excluding hydrogens is 270 g/mol. The molecule has 20 heavy (non-hydrogen) atoms. The van der Waals surface area contributed by atoms with E-state index in [-0.39, 0.29) is 5.41 Å². The molecule has 1 aromatic rings. The van der Waals surface area contributed by atoms with Crippen LogP contribution in [0.1, 0.15) is 31.2 Å². The lowest BCUT2D eigenvalue weighted by atomic mass is 9.94. The Morgan fingerprint density at radius 3 is 2.85 bits per heavy atom. The molecule has 1 aliphatic carbocycles. The second-order valence-electron chi connectivity index (χ2n) is 5.78. The van der Waals surface area contributed by atoms with E-state index >= 15 is 0 Å². The van der Waals surface area contributed by atoms with Crippen LogP contribution in [0.25, 0.3) is 0 Å². The van der Waals surface area contributed by atoms with Gasteiger partial charge in [-0.1, -0.05) is 12.1 Å². The van der Waals surface area contributed by atoms with Crippen LogP contribution in [0.2, 0.25) is 0 Å². The summed E-state index contributed by atoms with van der Waals surface area (Å²) in [6.45, 7) is 0.690. The summed E-state index contributed by atoms with van der Waals surface area (Å²) in [6, 6.07) is 6.20. The smallest absolute Gasteiger partial charge is 0.165 e. The number of thioether (sulfide) groups is 1. The molecule has 3 rings (SSSR count). The maximum atomic E-state index is 6.34. The summed E-state index contributed by atoms with van der Waals surface area (Å²) >= 11 is 1.98. The van der Waals surface area contributed by atoms with E-state index < -0.39 is 0 Å². The molecule has 0 aromatic heterocycles. The molecule has 110 valence electrons. The van der Waals surface area contributed by atoms with Crippen molar-refractivity contribution in [2.75, 3.05) is 25.2 Å². The molecule has 0 amide bonds. The van der Waals surface area contributed by atoms with Crippen molar-refractivity contribution in [1.82, 2.24) is 0 Å². The summed E-state index contributed by atoms with van der Waals surface area (Å²) in [5.41, 5.74) is 7.37. The highest BCUT2D eigenvalue weighted by molar-refractivity contribution is 7.99. The van der Waals surface area contributed by atoms with Gasteiger partial charge in [0, 0.05) is 23.3 Å². The Labute approximate surface area is 125 Å². The molecule has 1 saturated heterocycles. The molecule has 0 spiro atoms. The van der Waals surface area contributed by atoms with Crippen LogP contribution < -0.4 is 15.2 Å². The van der Waals surface area contributed by atoms with Crippen LogP contribution in [0, 0.1) is 0 Å². The molecule has 1 heterocycles. The van der Waals surface area contributed by atoms with Crippen LogP contribution >= 0.6 is 11.8 Å². The third-order valence-corrected chi connectivity index (χ3v) is 5.60. The predicted octanol–water partition coefficient (Wildman–Crippen LogP) is 2.96. The Morgan fingerprint density at radius 1 is 1.40 bits per heavy atom. The minimum Gasteiger partial charge on any atom is -0.493 e. The van der Waals surface area contributed by atoms with Crippen molar-refractivity contribution >= 4 is 11.8 Å². The molecule has 2 fully saturated rings. The lowest BCUT2D eigenvalue weighted by Gasteiger charge is -2.27. The Hall–Kier alpha value is -0.870. The van der Waals surface area contributed by atoms with Crippen molar-refractivity contribution in [2.24, 2.45) is 5.73 Å². The molecule has 1 saturated carbocycles. The van der Waals surface area contributed by atoms with Crippen LogP contribution in [0.15, 0.2) is 18.2 Å². The maximum absolute atomic E-state index is 6.34. The first kappa shape index (κ1) is 14.1. The minimum absolute atomic E-state index is 0.131. The molecule has 0 bridgehead atoms. The first-order valence-electron chi connectivity index (χ1n) is 7.41. The molecule has 1 aliphatic heterocycles. The number of rotatable bonds is 5. The number of para-hydroxylation sites is 1. The van der Waals surface area contributed by atoms with E-state index in [1.165, 1.54) is 17.7 Å². The van der Waals surface area contributed by atoms with Crippen LogP contribution in [0.5, 0.6) is 11.5 Å². The van der Waals surface area contributed by atoms with E-state index in [1.807, 2.05) is 23.9 Å². The molecule has 2 aliphatic rings. The van der Waals surface area contributed by atoms with Crippen LogP contribution in [0.4, 0.5) is 0 Å². The first-order chi connectivity index (χ1) is 9.79. The van der Waals surface area contributed by atoms with E-state index in [0.29, 0.717) is 12.6 Å². The monoisotopic (exact) mass is 293 g/mol. The molecule has 1 atom stereocenters. The topological polar surface area (TPSA) is 44.5 Å². The summed E-state index contributed by atoms with van der Waals surface area (Å²) in [7, 11) is 1.71. The van der Waals surface area contributed by atoms with Gasteiger partial charge < -0.3 is 15.2 Å². The average molecular weight is 293 g/mol. The fourth-order valence-electron chi connectivity index (χ4n) is 2.92. The van der Waals surface area contributed by atoms with Crippen LogP contribution in [0.3, 0.4) is 0 Å². The fourth-order valence-corrected chi connectivity index (χ4v) is 3.96. The maximum Gasteiger partial charge on any atom is 0.165 e. The number of nitrogens with two attached hydrogens (primary N) is 1. The number of hydrogen-bond donors (Lipinski definition) is 1. The number of benzene rings is 1. The second-order valence-corrected chi connectivity index (χ2v) is 6.93. The predicted molar refractivity (Wildman–Crippen MR) is 83.9 cm³/mol. The van der Waals surface area contributed by atoms with Crippen LogP contribution in [-0.2, 0) is 5.41 Å². The zero-order valence-electron chi connectivity index (χ0n) is 12.1. The van der Waals surface area contributed by atoms with E-state index in [2.05, 4.69) is 6.07 Å². The lowest BCUT2D eigenvalue weighted by Crippen LogP contribution is -2.26. The number of ether oxygens (including phenoxy) is 2. The number of hydrogen-bond acceptors (Lipinski definition) is 4. The Morgan fingerprint density at radius 2 is 2.25 bits per heavy atom. The van der Waals surface area contributed by atoms with Gasteiger partial charge in [-0.3, -0.25) is 0 Å². The summed E-state index contributed by atoms with van der Waals surface area (Å²) in [5.74, 6) is 4.11. The standard InChI is InChI=1S/C16H23NO2S/c1-18-14-6-2-5-13(16(11-17)7-8-16)15(14)19-12-4-3-9-20-10-12/h2,5-6,12H,3-4,7-11,17H2,1H3. The molecule has 0 radical (unpaired) electrons.